The van der Waals surface area contributed by atoms with Crippen molar-refractivity contribution >= 4 is 39.8 Å². The van der Waals surface area contributed by atoms with Gasteiger partial charge in [0.15, 0.2) is 0 Å². The zero-order chi connectivity index (χ0) is 45.5. The Balaban J connectivity index is 0.000000202. The van der Waals surface area contributed by atoms with E-state index in [9.17, 15) is 0 Å². The fourth-order valence-corrected chi connectivity index (χ4v) is 22.8. The summed E-state index contributed by atoms with van der Waals surface area (Å²) in [6.45, 7) is 15.7. The van der Waals surface area contributed by atoms with E-state index in [0.29, 0.717) is 0 Å². The van der Waals surface area contributed by atoms with Crippen LogP contribution >= 0.6 is 0 Å². The molecule has 3 aliphatic carbocycles. The summed E-state index contributed by atoms with van der Waals surface area (Å²) < 4.78 is 16.5. The molecule has 6 heteroatoms. The van der Waals surface area contributed by atoms with Gasteiger partial charge >= 0.3 is 0 Å². The third-order valence-electron chi connectivity index (χ3n) is 16.1. The van der Waals surface area contributed by atoms with Gasteiger partial charge in [0.1, 0.15) is 17.3 Å². The lowest BCUT2D eigenvalue weighted by Crippen LogP contribution is -2.42. The van der Waals surface area contributed by atoms with Gasteiger partial charge in [0, 0.05) is 16.7 Å². The average molecular weight is 919 g/mol. The first-order chi connectivity index (χ1) is 31.9. The van der Waals surface area contributed by atoms with Gasteiger partial charge in [0.2, 0.25) is 0 Å². The van der Waals surface area contributed by atoms with Gasteiger partial charge in [0.25, 0.3) is 0 Å². The molecule has 0 saturated heterocycles. The molecule has 3 nitrogen and oxygen atoms in total. The maximum absolute atomic E-state index is 5.50. The van der Waals surface area contributed by atoms with E-state index in [1.165, 1.54) is 38.5 Å². The fraction of sp³-hybridized carbons (Fsp3) is 0.300. The van der Waals surface area contributed by atoms with E-state index in [2.05, 4.69) is 148 Å². The molecule has 8 aromatic rings. The molecule has 0 radical (unpaired) electrons. The first-order valence-electron chi connectivity index (χ1n) is 24.5. The molecule has 0 aliphatic heterocycles. The average Bonchev–Trinajstić information content (AvgIpc) is 4.23. The Morgan fingerprint density at radius 3 is 0.864 bits per heavy atom. The minimum absolute atomic E-state index is 0.816. The summed E-state index contributed by atoms with van der Waals surface area (Å²) in [6, 6.07) is 59.9. The predicted molar refractivity (Wildman–Crippen MR) is 283 cm³/mol. The SMILES string of the molecule is C[Si](C)(c1ccccc1)C1CC1Cc1cc(CC2CC2[Si](C)(C)c2ccccc2)cc(CC2CC2[Si](C)(C)c2ccccc2)c1.c1coc(-c2cc(-c3ccco3)cc(-c3ccco3)c2)c1. The molecule has 6 unspecified atom stereocenters. The number of hydrogen-bond acceptors (Lipinski definition) is 3. The Morgan fingerprint density at radius 1 is 0.348 bits per heavy atom. The van der Waals surface area contributed by atoms with Gasteiger partial charge in [-0.05, 0) is 144 Å². The highest BCUT2D eigenvalue weighted by Crippen LogP contribution is 2.56. The van der Waals surface area contributed by atoms with Gasteiger partial charge in [-0.3, -0.25) is 0 Å². The monoisotopic (exact) mass is 918 g/mol. The van der Waals surface area contributed by atoms with E-state index in [1.807, 2.05) is 54.6 Å². The summed E-state index contributed by atoms with van der Waals surface area (Å²) in [6.07, 6.45) is 13.1. The molecule has 3 aromatic heterocycles. The van der Waals surface area contributed by atoms with Crippen LogP contribution in [-0.2, 0) is 19.3 Å². The highest BCUT2D eigenvalue weighted by atomic mass is 28.3. The summed E-state index contributed by atoms with van der Waals surface area (Å²) in [5.41, 5.74) is 10.6. The van der Waals surface area contributed by atoms with E-state index in [0.717, 1.165) is 68.3 Å². The molecule has 3 saturated carbocycles. The van der Waals surface area contributed by atoms with Crippen LogP contribution in [0, 0.1) is 17.8 Å². The van der Waals surface area contributed by atoms with Gasteiger partial charge in [-0.2, -0.15) is 0 Å². The van der Waals surface area contributed by atoms with Crippen LogP contribution in [0.25, 0.3) is 34.0 Å². The molecule has 66 heavy (non-hydrogen) atoms. The molecule has 11 rings (SSSR count). The molecular formula is C60H66O3Si3. The van der Waals surface area contributed by atoms with Crippen molar-refractivity contribution in [3.8, 4) is 34.0 Å². The molecule has 0 amide bonds. The van der Waals surface area contributed by atoms with Gasteiger partial charge in [0.05, 0.1) is 43.0 Å². The fourth-order valence-electron chi connectivity index (χ4n) is 11.8. The molecule has 5 aromatic carbocycles. The Hall–Kier alpha value is -5.41. The van der Waals surface area contributed by atoms with E-state index in [4.69, 9.17) is 13.3 Å². The summed E-state index contributed by atoms with van der Waals surface area (Å²) >= 11 is 0. The third kappa shape index (κ3) is 9.69. The normalized spacial score (nSPS) is 21.2. The van der Waals surface area contributed by atoms with Crippen LogP contribution in [0.1, 0.15) is 36.0 Å². The second-order valence-corrected chi connectivity index (χ2v) is 35.9. The lowest BCUT2D eigenvalue weighted by Gasteiger charge is -2.24. The van der Waals surface area contributed by atoms with Crippen molar-refractivity contribution in [1.82, 2.24) is 0 Å². The second kappa shape index (κ2) is 18.3. The van der Waals surface area contributed by atoms with Crippen molar-refractivity contribution < 1.29 is 13.3 Å². The van der Waals surface area contributed by atoms with Crippen LogP contribution in [0.5, 0.6) is 0 Å². The zero-order valence-electron chi connectivity index (χ0n) is 39.8. The van der Waals surface area contributed by atoms with E-state index >= 15 is 0 Å². The Kier molecular flexibility index (Phi) is 12.4. The largest absolute Gasteiger partial charge is 0.464 e. The molecule has 0 spiro atoms. The molecule has 0 bridgehead atoms. The van der Waals surface area contributed by atoms with E-state index in [-0.39, 0.29) is 0 Å². The lowest BCUT2D eigenvalue weighted by atomic mass is 9.96. The highest BCUT2D eigenvalue weighted by molar-refractivity contribution is 6.92. The van der Waals surface area contributed by atoms with Crippen LogP contribution in [0.2, 0.25) is 55.9 Å². The van der Waals surface area contributed by atoms with Crippen LogP contribution in [0.15, 0.2) is 196 Å². The molecule has 3 aliphatic rings. The standard InChI is InChI=1S/C42H54Si3.C18H12O3/c1-43(2,37-16-10-7-11-17-37)40-28-34(40)25-31-22-32(26-35-29-41(35)44(3,4)38-18-12-8-13-19-38)24-33(23-31)27-36-30-42(36)45(5,6)39-20-14-9-15-21-39;1-4-16(19-7-1)13-10-14(17-5-2-8-20-17)12-15(11-13)18-6-3-9-21-18/h7-24,34-36,40-42H,25-30H2,1-6H3;1-12H. The summed E-state index contributed by atoms with van der Waals surface area (Å²) in [5.74, 6) is 5.05. The quantitative estimate of drug-likeness (QED) is 0.0962. The van der Waals surface area contributed by atoms with E-state index < -0.39 is 24.2 Å². The van der Waals surface area contributed by atoms with Gasteiger partial charge < -0.3 is 13.3 Å². The maximum atomic E-state index is 5.50. The third-order valence-corrected chi connectivity index (χ3v) is 29.2. The summed E-state index contributed by atoms with van der Waals surface area (Å²) in [4.78, 5) is 0. The van der Waals surface area contributed by atoms with Gasteiger partial charge in [-0.25, -0.2) is 0 Å². The molecule has 6 atom stereocenters. The Morgan fingerprint density at radius 2 is 0.621 bits per heavy atom. The summed E-state index contributed by atoms with van der Waals surface area (Å²) in [7, 11) is -4.31. The Labute approximate surface area is 396 Å². The highest BCUT2D eigenvalue weighted by Gasteiger charge is 2.51. The van der Waals surface area contributed by atoms with Crippen LogP contribution in [-0.4, -0.2) is 24.2 Å². The number of rotatable bonds is 15. The molecule has 3 fully saturated rings. The van der Waals surface area contributed by atoms with Crippen LogP contribution in [0.4, 0.5) is 0 Å². The van der Waals surface area contributed by atoms with Gasteiger partial charge in [-0.1, -0.05) is 164 Å². The molecule has 0 N–H and O–H groups in total. The minimum atomic E-state index is -1.44. The van der Waals surface area contributed by atoms with Crippen molar-refractivity contribution in [2.24, 2.45) is 17.8 Å². The summed E-state index contributed by atoms with van der Waals surface area (Å²) in [5, 5.41) is 4.92. The molecule has 336 valence electrons. The van der Waals surface area contributed by atoms with Crippen molar-refractivity contribution in [1.29, 1.82) is 0 Å². The number of furan rings is 3. The topological polar surface area (TPSA) is 39.4 Å². The van der Waals surface area contributed by atoms with Gasteiger partial charge in [-0.15, -0.1) is 0 Å². The van der Waals surface area contributed by atoms with Crippen molar-refractivity contribution in [3.63, 3.8) is 0 Å². The first-order valence-corrected chi connectivity index (χ1v) is 33.7. The van der Waals surface area contributed by atoms with Crippen molar-refractivity contribution in [3.05, 3.63) is 199 Å². The van der Waals surface area contributed by atoms with Crippen LogP contribution in [0.3, 0.4) is 0 Å². The number of hydrogen-bond donors (Lipinski definition) is 0. The Bertz CT molecular complexity index is 2480. The van der Waals surface area contributed by atoms with Crippen molar-refractivity contribution in [2.45, 2.75) is 94.4 Å². The minimum Gasteiger partial charge on any atom is -0.464 e. The molecular weight excluding hydrogens is 853 g/mol. The van der Waals surface area contributed by atoms with Crippen LogP contribution < -0.4 is 15.6 Å². The molecule has 3 heterocycles. The van der Waals surface area contributed by atoms with Crippen molar-refractivity contribution in [2.75, 3.05) is 0 Å². The maximum Gasteiger partial charge on any atom is 0.133 e. The van der Waals surface area contributed by atoms with E-state index in [1.54, 1.807) is 51.0 Å². The zero-order valence-corrected chi connectivity index (χ0v) is 42.8. The second-order valence-electron chi connectivity index (χ2n) is 21.6. The number of benzene rings is 5. The predicted octanol–water partition coefficient (Wildman–Crippen LogP) is 14.8. The first kappa shape index (κ1) is 44.4. The lowest BCUT2D eigenvalue weighted by molar-refractivity contribution is 0.578. The smallest absolute Gasteiger partial charge is 0.133 e.